The lowest BCUT2D eigenvalue weighted by Gasteiger charge is -2.25. The smallest absolute Gasteiger partial charge is 0.274 e. The van der Waals surface area contributed by atoms with Gasteiger partial charge in [0.15, 0.2) is 0 Å². The number of hydrogen-bond donors (Lipinski definition) is 1. The van der Waals surface area contributed by atoms with Crippen molar-refractivity contribution in [2.24, 2.45) is 0 Å². The fourth-order valence-corrected chi connectivity index (χ4v) is 6.17. The second-order valence-electron chi connectivity index (χ2n) is 7.51. The summed E-state index contributed by atoms with van der Waals surface area (Å²) < 4.78 is 33.4. The van der Waals surface area contributed by atoms with E-state index in [-0.39, 0.29) is 16.8 Å². The van der Waals surface area contributed by atoms with Crippen LogP contribution in [0.5, 0.6) is 5.75 Å². The van der Waals surface area contributed by atoms with E-state index in [1.165, 1.54) is 13.2 Å². The Labute approximate surface area is 197 Å². The van der Waals surface area contributed by atoms with Gasteiger partial charge in [-0.3, -0.25) is 9.10 Å². The van der Waals surface area contributed by atoms with Crippen molar-refractivity contribution in [1.82, 2.24) is 5.32 Å². The number of anilines is 1. The number of carbonyl (C=O) groups is 1. The Bertz CT molecular complexity index is 1370. The van der Waals surface area contributed by atoms with Gasteiger partial charge in [-0.25, -0.2) is 8.42 Å². The van der Waals surface area contributed by atoms with Crippen LogP contribution in [0.4, 0.5) is 5.69 Å². The lowest BCUT2D eigenvalue weighted by molar-refractivity contribution is -0.120. The molecule has 1 aromatic heterocycles. The van der Waals surface area contributed by atoms with E-state index >= 15 is 0 Å². The van der Waals surface area contributed by atoms with Crippen LogP contribution in [0.3, 0.4) is 0 Å². The monoisotopic (exact) mass is 480 g/mol. The molecule has 0 aliphatic heterocycles. The van der Waals surface area contributed by atoms with Gasteiger partial charge in [0.2, 0.25) is 5.91 Å². The van der Waals surface area contributed by atoms with Crippen molar-refractivity contribution in [3.05, 3.63) is 89.8 Å². The number of nitrogens with one attached hydrogen (secondary N) is 1. The number of hydrogen-bond acceptors (Lipinski definition) is 5. The molecule has 0 aliphatic rings. The van der Waals surface area contributed by atoms with Crippen molar-refractivity contribution in [2.75, 3.05) is 18.0 Å². The highest BCUT2D eigenvalue weighted by Crippen LogP contribution is 2.33. The molecule has 1 N–H and O–H groups in total. The first-order chi connectivity index (χ1) is 15.9. The third-order valence-corrected chi connectivity index (χ3v) is 8.46. The molecule has 1 atom stereocenters. The zero-order valence-electron chi connectivity index (χ0n) is 18.3. The van der Waals surface area contributed by atoms with Crippen LogP contribution < -0.4 is 14.4 Å². The van der Waals surface area contributed by atoms with Crippen LogP contribution in [0.25, 0.3) is 10.8 Å². The van der Waals surface area contributed by atoms with Crippen LogP contribution in [0.1, 0.15) is 18.5 Å². The molecule has 0 spiro atoms. The van der Waals surface area contributed by atoms with E-state index in [0.717, 1.165) is 32.0 Å². The molecule has 3 aromatic carbocycles. The van der Waals surface area contributed by atoms with Crippen molar-refractivity contribution in [2.45, 2.75) is 17.2 Å². The Morgan fingerprint density at radius 3 is 2.45 bits per heavy atom. The second-order valence-corrected chi connectivity index (χ2v) is 10.5. The maximum atomic E-state index is 13.4. The minimum Gasteiger partial charge on any atom is -0.495 e. The summed E-state index contributed by atoms with van der Waals surface area (Å²) in [5, 5.41) is 6.81. The minimum atomic E-state index is -3.96. The van der Waals surface area contributed by atoms with Crippen LogP contribution in [0.15, 0.2) is 88.5 Å². The molecule has 1 unspecified atom stereocenters. The normalized spacial score (nSPS) is 12.3. The first-order valence-electron chi connectivity index (χ1n) is 10.4. The van der Waals surface area contributed by atoms with Crippen LogP contribution in [0, 0.1) is 0 Å². The zero-order chi connectivity index (χ0) is 23.4. The first-order valence-corrected chi connectivity index (χ1v) is 12.7. The minimum absolute atomic E-state index is 0.156. The Morgan fingerprint density at radius 1 is 1.00 bits per heavy atom. The zero-order valence-corrected chi connectivity index (χ0v) is 19.9. The predicted molar refractivity (Wildman–Crippen MR) is 132 cm³/mol. The summed E-state index contributed by atoms with van der Waals surface area (Å²) in [5.41, 5.74) is 1.24. The molecule has 0 radical (unpaired) electrons. The molecule has 0 aliphatic carbocycles. The summed E-state index contributed by atoms with van der Waals surface area (Å²) in [6, 6.07) is 23.7. The van der Waals surface area contributed by atoms with Crippen molar-refractivity contribution in [1.29, 1.82) is 0 Å². The highest BCUT2D eigenvalue weighted by molar-refractivity contribution is 7.94. The maximum absolute atomic E-state index is 13.4. The van der Waals surface area contributed by atoms with Gasteiger partial charge in [0.1, 0.15) is 16.5 Å². The number of nitrogens with zero attached hydrogens (tertiary/aromatic N) is 1. The molecular weight excluding hydrogens is 456 g/mol. The molecule has 0 saturated heterocycles. The number of para-hydroxylation sites is 2. The van der Waals surface area contributed by atoms with Gasteiger partial charge in [0, 0.05) is 0 Å². The predicted octanol–water partition coefficient (Wildman–Crippen LogP) is 4.98. The number of ether oxygens (including phenoxy) is 1. The summed E-state index contributed by atoms with van der Waals surface area (Å²) in [4.78, 5) is 13.0. The lowest BCUT2D eigenvalue weighted by atomic mass is 10.0. The number of thiophene rings is 1. The fraction of sp³-hybridized carbons (Fsp3) is 0.160. The fourth-order valence-electron chi connectivity index (χ4n) is 3.63. The molecule has 4 aromatic rings. The van der Waals surface area contributed by atoms with Crippen LogP contribution in [-0.4, -0.2) is 28.0 Å². The largest absolute Gasteiger partial charge is 0.495 e. The second kappa shape index (κ2) is 9.64. The molecule has 170 valence electrons. The quantitative estimate of drug-likeness (QED) is 0.386. The van der Waals surface area contributed by atoms with Crippen LogP contribution >= 0.6 is 11.3 Å². The highest BCUT2D eigenvalue weighted by atomic mass is 32.2. The number of fused-ring (bicyclic) bond motifs is 1. The Balaban J connectivity index is 1.61. The Kier molecular flexibility index (Phi) is 6.67. The van der Waals surface area contributed by atoms with Crippen molar-refractivity contribution in [3.63, 3.8) is 0 Å². The molecule has 1 amide bonds. The number of amides is 1. The van der Waals surface area contributed by atoms with E-state index in [0.29, 0.717) is 11.4 Å². The van der Waals surface area contributed by atoms with Crippen LogP contribution in [-0.2, 0) is 14.8 Å². The highest BCUT2D eigenvalue weighted by Gasteiger charge is 2.30. The summed E-state index contributed by atoms with van der Waals surface area (Å²) in [7, 11) is -2.49. The third kappa shape index (κ3) is 4.86. The summed E-state index contributed by atoms with van der Waals surface area (Å²) >= 11 is 1.10. The number of rotatable bonds is 8. The Hall–Kier alpha value is -3.36. The topological polar surface area (TPSA) is 75.7 Å². The molecule has 0 fully saturated rings. The van der Waals surface area contributed by atoms with E-state index in [1.807, 2.05) is 49.4 Å². The van der Waals surface area contributed by atoms with Gasteiger partial charge in [0.25, 0.3) is 10.0 Å². The average Bonchev–Trinajstić information content (AvgIpc) is 3.38. The van der Waals surface area contributed by atoms with Crippen molar-refractivity contribution < 1.29 is 17.9 Å². The first kappa shape index (κ1) is 22.8. The van der Waals surface area contributed by atoms with Gasteiger partial charge < -0.3 is 10.1 Å². The number of sulfonamides is 1. The molecule has 8 heteroatoms. The lowest BCUT2D eigenvalue weighted by Crippen LogP contribution is -2.41. The van der Waals surface area contributed by atoms with Gasteiger partial charge in [-0.1, -0.05) is 54.6 Å². The standard InChI is InChI=1S/C25H24N2O4S2/c1-18(20-14-13-19-8-3-4-9-21(19)16-20)26-24(28)17-27(22-10-5-6-11-23(22)31-2)33(29,30)25-12-7-15-32-25/h3-16,18H,17H2,1-2H3,(H,26,28). The van der Waals surface area contributed by atoms with E-state index < -0.39 is 15.9 Å². The number of carbonyl (C=O) groups excluding carboxylic acids is 1. The van der Waals surface area contributed by atoms with Crippen LogP contribution in [0.2, 0.25) is 0 Å². The molecule has 33 heavy (non-hydrogen) atoms. The maximum Gasteiger partial charge on any atom is 0.274 e. The van der Waals surface area contributed by atoms with E-state index in [1.54, 1.807) is 35.7 Å². The molecule has 0 bridgehead atoms. The van der Waals surface area contributed by atoms with Crippen molar-refractivity contribution in [3.8, 4) is 5.75 Å². The van der Waals surface area contributed by atoms with E-state index in [2.05, 4.69) is 5.32 Å². The van der Waals surface area contributed by atoms with Gasteiger partial charge in [-0.2, -0.15) is 0 Å². The molecule has 4 rings (SSSR count). The summed E-state index contributed by atoms with van der Waals surface area (Å²) in [6.45, 7) is 1.50. The number of methoxy groups -OCH3 is 1. The van der Waals surface area contributed by atoms with Gasteiger partial charge in [-0.15, -0.1) is 11.3 Å². The SMILES string of the molecule is COc1ccccc1N(CC(=O)NC(C)c1ccc2ccccc2c1)S(=O)(=O)c1cccs1. The molecule has 1 heterocycles. The van der Waals surface area contributed by atoms with E-state index in [9.17, 15) is 13.2 Å². The average molecular weight is 481 g/mol. The number of benzene rings is 3. The van der Waals surface area contributed by atoms with Crippen molar-refractivity contribution >= 4 is 43.7 Å². The summed E-state index contributed by atoms with van der Waals surface area (Å²) in [5.74, 6) is -0.0466. The Morgan fingerprint density at radius 2 is 1.73 bits per heavy atom. The van der Waals surface area contributed by atoms with Gasteiger partial charge in [-0.05, 0) is 52.9 Å². The van der Waals surface area contributed by atoms with Gasteiger partial charge >= 0.3 is 0 Å². The van der Waals surface area contributed by atoms with Gasteiger partial charge in [0.05, 0.1) is 18.8 Å². The van der Waals surface area contributed by atoms with E-state index in [4.69, 9.17) is 4.74 Å². The molecular formula is C25H24N2O4S2. The molecule has 0 saturated carbocycles. The third-order valence-electron chi connectivity index (χ3n) is 5.33. The summed E-state index contributed by atoms with van der Waals surface area (Å²) in [6.07, 6.45) is 0. The molecule has 6 nitrogen and oxygen atoms in total.